The molecule has 3 nitrogen and oxygen atoms in total. The maximum Gasteiger partial charge on any atom is 0.166 e. The molecule has 256 valence electrons. The number of thiophene rings is 1. The molecule has 4 heteroatoms. The molecule has 1 aliphatic rings. The third kappa shape index (κ3) is 4.20. The van der Waals surface area contributed by atoms with Crippen LogP contribution in [0, 0.1) is 0 Å². The van der Waals surface area contributed by atoms with Gasteiger partial charge in [-0.05, 0) is 68.4 Å². The van der Waals surface area contributed by atoms with Gasteiger partial charge < -0.3 is 0 Å². The highest BCUT2D eigenvalue weighted by molar-refractivity contribution is 7.25. The molecule has 0 unspecified atom stereocenters. The van der Waals surface area contributed by atoms with E-state index in [-0.39, 0.29) is 0 Å². The molecule has 0 radical (unpaired) electrons. The van der Waals surface area contributed by atoms with Crippen LogP contribution >= 0.6 is 11.3 Å². The molecule has 0 fully saturated rings. The number of hydrogen-bond donors (Lipinski definition) is 0. The Balaban J connectivity index is 1.25. The first kappa shape index (κ1) is 30.6. The van der Waals surface area contributed by atoms with Crippen molar-refractivity contribution in [1.82, 2.24) is 14.5 Å². The van der Waals surface area contributed by atoms with Crippen LogP contribution < -0.4 is 0 Å². The first-order valence-corrected chi connectivity index (χ1v) is 19.6. The Hall–Kier alpha value is -6.88. The summed E-state index contributed by atoms with van der Waals surface area (Å²) in [7, 11) is 0. The normalized spacial score (nSPS) is 13.2. The number of aromatic nitrogens is 3. The Morgan fingerprint density at radius 1 is 0.455 bits per heavy atom. The lowest BCUT2D eigenvalue weighted by Crippen LogP contribution is -2.28. The summed E-state index contributed by atoms with van der Waals surface area (Å²) in [4.78, 5) is 12.3. The minimum absolute atomic E-state index is 0.525. The first-order chi connectivity index (χ1) is 27.3. The molecule has 8 aromatic carbocycles. The van der Waals surface area contributed by atoms with Crippen LogP contribution in [0.5, 0.6) is 0 Å². The minimum atomic E-state index is -0.525. The Kier molecular flexibility index (Phi) is 6.42. The van der Waals surface area contributed by atoms with Crippen LogP contribution in [0.2, 0.25) is 0 Å². The highest BCUT2D eigenvalue weighted by Gasteiger charge is 2.47. The fourth-order valence-electron chi connectivity index (χ4n) is 9.42. The predicted molar refractivity (Wildman–Crippen MR) is 230 cm³/mol. The van der Waals surface area contributed by atoms with Crippen LogP contribution in [0.1, 0.15) is 22.3 Å². The smallest absolute Gasteiger partial charge is 0.166 e. The summed E-state index contributed by atoms with van der Waals surface area (Å²) in [6.45, 7) is 0. The summed E-state index contributed by atoms with van der Waals surface area (Å²) < 4.78 is 3.55. The second kappa shape index (κ2) is 11.6. The van der Waals surface area contributed by atoms with Crippen molar-refractivity contribution in [1.29, 1.82) is 0 Å². The number of hydrogen-bond acceptors (Lipinski definition) is 3. The average molecular weight is 718 g/mol. The summed E-state index contributed by atoms with van der Waals surface area (Å²) in [6.07, 6.45) is 0. The van der Waals surface area contributed by atoms with E-state index in [1.54, 1.807) is 11.3 Å². The van der Waals surface area contributed by atoms with Gasteiger partial charge in [-0.15, -0.1) is 11.3 Å². The van der Waals surface area contributed by atoms with E-state index in [4.69, 9.17) is 9.97 Å². The summed E-state index contributed by atoms with van der Waals surface area (Å²) >= 11 is 1.71. The highest BCUT2D eigenvalue weighted by atomic mass is 32.1. The minimum Gasteiger partial charge on any atom is -0.292 e. The van der Waals surface area contributed by atoms with E-state index < -0.39 is 5.41 Å². The molecule has 12 rings (SSSR count). The molecule has 0 spiro atoms. The van der Waals surface area contributed by atoms with Crippen molar-refractivity contribution in [2.75, 3.05) is 0 Å². The van der Waals surface area contributed by atoms with Gasteiger partial charge in [0.15, 0.2) is 5.82 Å². The Labute approximate surface area is 321 Å². The van der Waals surface area contributed by atoms with Gasteiger partial charge in [0, 0.05) is 26.4 Å². The summed E-state index contributed by atoms with van der Waals surface area (Å²) in [5, 5.41) is 5.95. The molecule has 0 amide bonds. The van der Waals surface area contributed by atoms with Gasteiger partial charge in [0.1, 0.15) is 16.0 Å². The maximum atomic E-state index is 5.74. The van der Waals surface area contributed by atoms with E-state index in [1.807, 2.05) is 0 Å². The Bertz CT molecular complexity index is 3280. The number of fused-ring (bicyclic) bond motifs is 10. The SMILES string of the molecule is c1ccc(C2(c3ccccc3)c3ccccc3-c3c(-c4nc5c(nc4-n4c6ccccc6c6cc7ccccc7cc64)sc4ccccc45)cccc32)cc1. The second-order valence-electron chi connectivity index (χ2n) is 14.5. The molecule has 0 atom stereocenters. The van der Waals surface area contributed by atoms with Gasteiger partial charge in [-0.1, -0.05) is 164 Å². The lowest BCUT2D eigenvalue weighted by atomic mass is 9.67. The monoisotopic (exact) mass is 717 g/mol. The van der Waals surface area contributed by atoms with Crippen LogP contribution in [0.3, 0.4) is 0 Å². The van der Waals surface area contributed by atoms with Crippen LogP contribution in [0.15, 0.2) is 188 Å². The predicted octanol–water partition coefficient (Wildman–Crippen LogP) is 13.1. The molecule has 55 heavy (non-hydrogen) atoms. The van der Waals surface area contributed by atoms with Gasteiger partial charge in [-0.2, -0.15) is 0 Å². The fourth-order valence-corrected chi connectivity index (χ4v) is 10.4. The molecular formula is C51H31N3S. The van der Waals surface area contributed by atoms with Gasteiger partial charge in [-0.3, -0.25) is 4.57 Å². The Morgan fingerprint density at radius 3 is 1.87 bits per heavy atom. The molecule has 11 aromatic rings. The van der Waals surface area contributed by atoms with Gasteiger partial charge in [0.05, 0.1) is 16.4 Å². The molecule has 3 aromatic heterocycles. The third-order valence-corrected chi connectivity index (χ3v) is 12.7. The number of rotatable bonds is 4. The topological polar surface area (TPSA) is 30.7 Å². The van der Waals surface area contributed by atoms with Crippen LogP contribution in [-0.4, -0.2) is 14.5 Å². The van der Waals surface area contributed by atoms with Crippen molar-refractivity contribution < 1.29 is 0 Å². The van der Waals surface area contributed by atoms with Crippen molar-refractivity contribution in [3.63, 3.8) is 0 Å². The quantitative estimate of drug-likeness (QED) is 0.181. The Morgan fingerprint density at radius 2 is 1.07 bits per heavy atom. The summed E-state index contributed by atoms with van der Waals surface area (Å²) in [5.74, 6) is 0.836. The molecule has 3 heterocycles. The molecule has 0 bridgehead atoms. The zero-order valence-electron chi connectivity index (χ0n) is 29.6. The lowest BCUT2D eigenvalue weighted by Gasteiger charge is -2.34. The zero-order chi connectivity index (χ0) is 36.1. The summed E-state index contributed by atoms with van der Waals surface area (Å²) in [6, 6.07) is 68.4. The van der Waals surface area contributed by atoms with Gasteiger partial charge >= 0.3 is 0 Å². The summed E-state index contributed by atoms with van der Waals surface area (Å²) in [5.41, 5.74) is 12.0. The van der Waals surface area contributed by atoms with Crippen molar-refractivity contribution in [3.05, 3.63) is 210 Å². The molecule has 0 saturated carbocycles. The maximum absolute atomic E-state index is 5.74. The van der Waals surface area contributed by atoms with E-state index >= 15 is 0 Å². The van der Waals surface area contributed by atoms with Crippen LogP contribution in [0.4, 0.5) is 0 Å². The largest absolute Gasteiger partial charge is 0.292 e. The standard InChI is InChI=1S/C51H31N3S/c1-3-18-34(19-4-1)51(35-20-5-2-6-21-35)41-26-12-9-23-37(41)46-39(25-15-27-42(46)51)47-49(53-50-48(52-47)38-24-11-14-29-45(38)55-50)54-43-28-13-10-22-36(43)40-30-32-16-7-8-17-33(32)31-44(40)54/h1-31H. The first-order valence-electron chi connectivity index (χ1n) is 18.8. The van der Waals surface area contributed by atoms with Crippen LogP contribution in [-0.2, 0) is 5.41 Å². The van der Waals surface area contributed by atoms with Crippen LogP contribution in [0.25, 0.3) is 81.2 Å². The van der Waals surface area contributed by atoms with Crippen molar-refractivity contribution in [3.8, 4) is 28.2 Å². The average Bonchev–Trinajstić information content (AvgIpc) is 3.89. The zero-order valence-corrected chi connectivity index (χ0v) is 30.5. The lowest BCUT2D eigenvalue weighted by molar-refractivity contribution is 0.768. The van der Waals surface area contributed by atoms with Gasteiger partial charge in [-0.25, -0.2) is 9.97 Å². The molecule has 0 saturated heterocycles. The van der Waals surface area contributed by atoms with E-state index in [1.165, 1.54) is 59.6 Å². The van der Waals surface area contributed by atoms with Gasteiger partial charge in [0.2, 0.25) is 0 Å². The molecular weight excluding hydrogens is 687 g/mol. The van der Waals surface area contributed by atoms with Crippen molar-refractivity contribution in [2.45, 2.75) is 5.41 Å². The highest BCUT2D eigenvalue weighted by Crippen LogP contribution is 2.58. The number of benzene rings is 8. The fraction of sp³-hybridized carbons (Fsp3) is 0.0196. The van der Waals surface area contributed by atoms with E-state index in [2.05, 4.69) is 193 Å². The van der Waals surface area contributed by atoms with E-state index in [0.717, 1.165) is 43.8 Å². The van der Waals surface area contributed by atoms with E-state index in [9.17, 15) is 0 Å². The number of nitrogens with zero attached hydrogens (tertiary/aromatic N) is 3. The van der Waals surface area contributed by atoms with Crippen molar-refractivity contribution in [2.24, 2.45) is 0 Å². The van der Waals surface area contributed by atoms with Crippen molar-refractivity contribution >= 4 is 64.3 Å². The van der Waals surface area contributed by atoms with E-state index in [0.29, 0.717) is 0 Å². The molecule has 0 aliphatic heterocycles. The second-order valence-corrected chi connectivity index (χ2v) is 15.5. The molecule has 0 N–H and O–H groups in total. The third-order valence-electron chi connectivity index (χ3n) is 11.7. The van der Waals surface area contributed by atoms with Gasteiger partial charge in [0.25, 0.3) is 0 Å². The number of para-hydroxylation sites is 1. The molecule has 1 aliphatic carbocycles.